The van der Waals surface area contributed by atoms with Gasteiger partial charge in [-0.1, -0.05) is 12.1 Å². The van der Waals surface area contributed by atoms with Gasteiger partial charge in [0.05, 0.1) is 12.7 Å². The predicted octanol–water partition coefficient (Wildman–Crippen LogP) is 2.63. The van der Waals surface area contributed by atoms with Crippen molar-refractivity contribution >= 4 is 5.97 Å². The number of ether oxygens (including phenoxy) is 3. The average molecular weight is 287 g/mol. The molecule has 0 N–H and O–H groups in total. The largest absolute Gasteiger partial charge is 0.490 e. The Hall–Kier alpha value is -2.56. The van der Waals surface area contributed by atoms with Gasteiger partial charge in [-0.2, -0.15) is 0 Å². The van der Waals surface area contributed by atoms with Crippen LogP contribution in [0.4, 0.5) is 0 Å². The second-order valence-electron chi connectivity index (χ2n) is 4.39. The lowest BCUT2D eigenvalue weighted by molar-refractivity contribution is 0.0450. The topological polar surface area (TPSA) is 57.7 Å². The highest BCUT2D eigenvalue weighted by Gasteiger charge is 2.07. The van der Waals surface area contributed by atoms with Crippen molar-refractivity contribution in [2.45, 2.75) is 6.92 Å². The van der Waals surface area contributed by atoms with Gasteiger partial charge in [-0.25, -0.2) is 9.78 Å². The summed E-state index contributed by atoms with van der Waals surface area (Å²) in [7, 11) is 1.52. The minimum absolute atomic E-state index is 0.179. The number of hydrogen-bond donors (Lipinski definition) is 0. The van der Waals surface area contributed by atoms with E-state index in [0.717, 1.165) is 11.3 Å². The van der Waals surface area contributed by atoms with Crippen LogP contribution in [-0.2, 0) is 4.74 Å². The Kier molecular flexibility index (Phi) is 5.15. The third-order valence-electron chi connectivity index (χ3n) is 2.76. The molecule has 2 aromatic rings. The number of hydrogen-bond acceptors (Lipinski definition) is 5. The van der Waals surface area contributed by atoms with E-state index in [0.29, 0.717) is 18.1 Å². The molecule has 21 heavy (non-hydrogen) atoms. The summed E-state index contributed by atoms with van der Waals surface area (Å²) in [6, 6.07) is 10.9. The molecule has 1 aromatic carbocycles. The van der Waals surface area contributed by atoms with Crippen LogP contribution in [-0.4, -0.2) is 31.3 Å². The number of carbonyl (C=O) groups excluding carboxylic acids is 1. The molecule has 0 unspecified atom stereocenters. The van der Waals surface area contributed by atoms with Crippen molar-refractivity contribution in [3.05, 3.63) is 53.7 Å². The zero-order valence-electron chi connectivity index (χ0n) is 12.0. The standard InChI is InChI=1S/C16H17NO4/c1-12-4-3-5-14(10-12)20-8-9-21-16(18)13-6-7-15(19-2)17-11-13/h3-7,10-11H,8-9H2,1-2H3. The van der Waals surface area contributed by atoms with E-state index < -0.39 is 5.97 Å². The molecule has 0 fully saturated rings. The lowest BCUT2D eigenvalue weighted by Gasteiger charge is -2.08. The van der Waals surface area contributed by atoms with Crippen LogP contribution < -0.4 is 9.47 Å². The van der Waals surface area contributed by atoms with Crippen molar-refractivity contribution in [1.82, 2.24) is 4.98 Å². The first-order valence-corrected chi connectivity index (χ1v) is 6.55. The van der Waals surface area contributed by atoms with E-state index in [4.69, 9.17) is 14.2 Å². The van der Waals surface area contributed by atoms with Crippen molar-refractivity contribution in [3.63, 3.8) is 0 Å². The van der Waals surface area contributed by atoms with Crippen LogP contribution in [0.2, 0.25) is 0 Å². The van der Waals surface area contributed by atoms with E-state index in [1.54, 1.807) is 12.1 Å². The third-order valence-corrected chi connectivity index (χ3v) is 2.76. The van der Waals surface area contributed by atoms with Crippen LogP contribution in [0, 0.1) is 6.92 Å². The van der Waals surface area contributed by atoms with Crippen molar-refractivity contribution in [3.8, 4) is 11.6 Å². The summed E-state index contributed by atoms with van der Waals surface area (Å²) in [6.45, 7) is 2.47. The van der Waals surface area contributed by atoms with Gasteiger partial charge in [0, 0.05) is 12.3 Å². The molecule has 5 heteroatoms. The van der Waals surface area contributed by atoms with Crippen LogP contribution in [0.25, 0.3) is 0 Å². The molecule has 0 bridgehead atoms. The van der Waals surface area contributed by atoms with Crippen LogP contribution >= 0.6 is 0 Å². The summed E-state index contributed by atoms with van der Waals surface area (Å²) in [6.07, 6.45) is 1.42. The Balaban J connectivity index is 1.76. The number of aromatic nitrogens is 1. The first-order valence-electron chi connectivity index (χ1n) is 6.55. The number of rotatable bonds is 6. The average Bonchev–Trinajstić information content (AvgIpc) is 2.51. The van der Waals surface area contributed by atoms with Crippen LogP contribution in [0.5, 0.6) is 11.6 Å². The Morgan fingerprint density at radius 2 is 2.05 bits per heavy atom. The molecule has 0 atom stereocenters. The molecular formula is C16H17NO4. The summed E-state index contributed by atoms with van der Waals surface area (Å²) in [5, 5.41) is 0. The van der Waals surface area contributed by atoms with Gasteiger partial charge in [-0.3, -0.25) is 0 Å². The minimum atomic E-state index is -0.432. The normalized spacial score (nSPS) is 10.0. The smallest absolute Gasteiger partial charge is 0.339 e. The quantitative estimate of drug-likeness (QED) is 0.604. The summed E-state index contributed by atoms with van der Waals surface area (Å²) in [5.41, 5.74) is 1.50. The Bertz CT molecular complexity index is 595. The molecule has 0 spiro atoms. The van der Waals surface area contributed by atoms with E-state index >= 15 is 0 Å². The maximum Gasteiger partial charge on any atom is 0.339 e. The number of aryl methyl sites for hydroxylation is 1. The first-order chi connectivity index (χ1) is 10.2. The molecule has 1 heterocycles. The van der Waals surface area contributed by atoms with Crippen molar-refractivity contribution in [1.29, 1.82) is 0 Å². The number of methoxy groups -OCH3 is 1. The molecule has 0 aliphatic rings. The molecule has 0 aliphatic heterocycles. The molecule has 1 aromatic heterocycles. The molecule has 0 radical (unpaired) electrons. The van der Waals surface area contributed by atoms with Gasteiger partial charge >= 0.3 is 5.97 Å². The number of nitrogens with zero attached hydrogens (tertiary/aromatic N) is 1. The highest BCUT2D eigenvalue weighted by Crippen LogP contribution is 2.12. The van der Waals surface area contributed by atoms with E-state index in [1.165, 1.54) is 13.3 Å². The summed E-state index contributed by atoms with van der Waals surface area (Å²) in [4.78, 5) is 15.7. The molecule has 0 saturated carbocycles. The number of benzene rings is 1. The maximum atomic E-state index is 11.8. The van der Waals surface area contributed by atoms with Gasteiger partial charge in [0.1, 0.15) is 19.0 Å². The maximum absolute atomic E-state index is 11.8. The zero-order valence-corrected chi connectivity index (χ0v) is 12.0. The van der Waals surface area contributed by atoms with E-state index in [-0.39, 0.29) is 6.61 Å². The predicted molar refractivity (Wildman–Crippen MR) is 77.7 cm³/mol. The molecule has 0 saturated heterocycles. The highest BCUT2D eigenvalue weighted by molar-refractivity contribution is 5.89. The van der Waals surface area contributed by atoms with Crippen molar-refractivity contribution in [2.24, 2.45) is 0 Å². The third kappa shape index (κ3) is 4.49. The molecule has 0 amide bonds. The minimum Gasteiger partial charge on any atom is -0.490 e. The van der Waals surface area contributed by atoms with Gasteiger partial charge in [0.15, 0.2) is 0 Å². The molecule has 2 rings (SSSR count). The second-order valence-corrected chi connectivity index (χ2v) is 4.39. The van der Waals surface area contributed by atoms with Gasteiger partial charge in [-0.05, 0) is 30.7 Å². The van der Waals surface area contributed by atoms with Crippen LogP contribution in [0.3, 0.4) is 0 Å². The Morgan fingerprint density at radius 1 is 1.19 bits per heavy atom. The summed E-state index contributed by atoms with van der Waals surface area (Å²) >= 11 is 0. The van der Waals surface area contributed by atoms with E-state index in [9.17, 15) is 4.79 Å². The zero-order chi connectivity index (χ0) is 15.1. The number of carbonyl (C=O) groups is 1. The van der Waals surface area contributed by atoms with E-state index in [2.05, 4.69) is 4.98 Å². The number of esters is 1. The van der Waals surface area contributed by atoms with Crippen molar-refractivity contribution < 1.29 is 19.0 Å². The summed E-state index contributed by atoms with van der Waals surface area (Å²) in [5.74, 6) is 0.782. The fraction of sp³-hybridized carbons (Fsp3) is 0.250. The lowest BCUT2D eigenvalue weighted by atomic mass is 10.2. The Morgan fingerprint density at radius 3 is 2.71 bits per heavy atom. The molecule has 5 nitrogen and oxygen atoms in total. The van der Waals surface area contributed by atoms with Gasteiger partial charge < -0.3 is 14.2 Å². The number of pyridine rings is 1. The van der Waals surface area contributed by atoms with Crippen LogP contribution in [0.1, 0.15) is 15.9 Å². The van der Waals surface area contributed by atoms with E-state index in [1.807, 2.05) is 31.2 Å². The van der Waals surface area contributed by atoms with Gasteiger partial charge in [-0.15, -0.1) is 0 Å². The fourth-order valence-corrected chi connectivity index (χ4v) is 1.70. The fourth-order valence-electron chi connectivity index (χ4n) is 1.70. The first kappa shape index (κ1) is 14.8. The van der Waals surface area contributed by atoms with Gasteiger partial charge in [0.25, 0.3) is 0 Å². The van der Waals surface area contributed by atoms with Crippen LogP contribution in [0.15, 0.2) is 42.6 Å². The SMILES string of the molecule is COc1ccc(C(=O)OCCOc2cccc(C)c2)cn1. The highest BCUT2D eigenvalue weighted by atomic mass is 16.6. The molecule has 0 aliphatic carbocycles. The van der Waals surface area contributed by atoms with Gasteiger partial charge in [0.2, 0.25) is 5.88 Å². The Labute approximate surface area is 123 Å². The molecule has 110 valence electrons. The lowest BCUT2D eigenvalue weighted by Crippen LogP contribution is -2.12. The second kappa shape index (κ2) is 7.28. The van der Waals surface area contributed by atoms with Crippen molar-refractivity contribution in [2.75, 3.05) is 20.3 Å². The summed E-state index contributed by atoms with van der Waals surface area (Å²) < 4.78 is 15.5. The monoisotopic (exact) mass is 287 g/mol. The molecular weight excluding hydrogens is 270 g/mol.